The Hall–Kier alpha value is -2.84. The summed E-state index contributed by atoms with van der Waals surface area (Å²) in [4.78, 5) is 43.9. The van der Waals surface area contributed by atoms with Crippen LogP contribution >= 0.6 is 0 Å². The summed E-state index contributed by atoms with van der Waals surface area (Å²) >= 11 is 0. The quantitative estimate of drug-likeness (QED) is 0.0937. The average Bonchev–Trinajstić information content (AvgIpc) is 2.92. The standard InChI is InChI=1S/C28H45N5O7S2/c1-22(29)30-16-9-14-25(20-34)31-27(35)19-33(18-23-10-5-3-6-11-23)28(36)26(15-17-41(2,37)38)32-42(39,40)21-24-12-7-4-8-13-24/h4,7-8,12-13,20,23,25-26,32H,3,5-6,9-11,14-19,21H2,1-2H3,(H2,29,30)(H,31,35). The first-order valence-corrected chi connectivity index (χ1v) is 18.0. The van der Waals surface area contributed by atoms with Gasteiger partial charge < -0.3 is 20.7 Å². The maximum atomic E-state index is 13.9. The van der Waals surface area contributed by atoms with Crippen molar-refractivity contribution in [2.45, 2.75) is 76.1 Å². The highest BCUT2D eigenvalue weighted by atomic mass is 32.2. The fourth-order valence-electron chi connectivity index (χ4n) is 4.92. The van der Waals surface area contributed by atoms with Crippen molar-refractivity contribution < 1.29 is 31.2 Å². The predicted molar refractivity (Wildman–Crippen MR) is 163 cm³/mol. The third kappa shape index (κ3) is 14.4. The van der Waals surface area contributed by atoms with Crippen molar-refractivity contribution in [3.8, 4) is 0 Å². The lowest BCUT2D eigenvalue weighted by Gasteiger charge is -2.32. The van der Waals surface area contributed by atoms with E-state index in [4.69, 9.17) is 5.73 Å². The van der Waals surface area contributed by atoms with Gasteiger partial charge in [-0.1, -0.05) is 49.6 Å². The highest BCUT2D eigenvalue weighted by Crippen LogP contribution is 2.25. The summed E-state index contributed by atoms with van der Waals surface area (Å²) in [6.45, 7) is 1.88. The molecule has 0 aliphatic heterocycles. The minimum Gasteiger partial charge on any atom is -0.388 e. The molecule has 2 rings (SSSR count). The molecule has 236 valence electrons. The van der Waals surface area contributed by atoms with Crippen molar-refractivity contribution in [1.29, 1.82) is 0 Å². The summed E-state index contributed by atoms with van der Waals surface area (Å²) < 4.78 is 52.5. The molecule has 2 amide bonds. The van der Waals surface area contributed by atoms with Crippen LogP contribution in [0.5, 0.6) is 0 Å². The Labute approximate surface area is 249 Å². The molecule has 0 radical (unpaired) electrons. The number of sulfone groups is 1. The molecule has 4 N–H and O–H groups in total. The number of rotatable bonds is 18. The molecule has 0 spiro atoms. The number of aldehydes is 1. The van der Waals surface area contributed by atoms with Gasteiger partial charge in [0.25, 0.3) is 0 Å². The van der Waals surface area contributed by atoms with Gasteiger partial charge >= 0.3 is 0 Å². The lowest BCUT2D eigenvalue weighted by atomic mass is 9.89. The first-order valence-electron chi connectivity index (χ1n) is 14.3. The van der Waals surface area contributed by atoms with Gasteiger partial charge in [0.2, 0.25) is 21.8 Å². The molecule has 42 heavy (non-hydrogen) atoms. The van der Waals surface area contributed by atoms with Gasteiger partial charge in [-0.05, 0) is 50.5 Å². The van der Waals surface area contributed by atoms with Crippen LogP contribution in [0, 0.1) is 5.92 Å². The van der Waals surface area contributed by atoms with E-state index in [2.05, 4.69) is 15.0 Å². The maximum Gasteiger partial charge on any atom is 0.241 e. The second-order valence-electron chi connectivity index (χ2n) is 11.0. The molecular formula is C28H45N5O7S2. The fourth-order valence-corrected chi connectivity index (χ4v) is 6.95. The zero-order valence-corrected chi connectivity index (χ0v) is 26.2. The van der Waals surface area contributed by atoms with E-state index in [0.717, 1.165) is 38.4 Å². The van der Waals surface area contributed by atoms with E-state index < -0.39 is 61.8 Å². The van der Waals surface area contributed by atoms with Crippen LogP contribution < -0.4 is 15.8 Å². The monoisotopic (exact) mass is 627 g/mol. The molecule has 1 aliphatic carbocycles. The van der Waals surface area contributed by atoms with Gasteiger partial charge in [-0.15, -0.1) is 0 Å². The lowest BCUT2D eigenvalue weighted by molar-refractivity contribution is -0.138. The normalized spacial score (nSPS) is 16.4. The van der Waals surface area contributed by atoms with E-state index >= 15 is 0 Å². The van der Waals surface area contributed by atoms with Gasteiger partial charge in [-0.2, -0.15) is 0 Å². The minimum absolute atomic E-state index is 0.117. The zero-order chi connectivity index (χ0) is 31.2. The van der Waals surface area contributed by atoms with Gasteiger partial charge in [-0.3, -0.25) is 14.6 Å². The van der Waals surface area contributed by atoms with Crippen LogP contribution in [0.15, 0.2) is 35.3 Å². The molecule has 1 aromatic carbocycles. The SMILES string of the molecule is CC(N)=NCCCC(C=O)NC(=O)CN(CC1CCCCC1)C(=O)C(CCS(C)(=O)=O)NS(=O)(=O)Cc1ccccc1. The van der Waals surface area contributed by atoms with Crippen LogP contribution in [0.2, 0.25) is 0 Å². The second-order valence-corrected chi connectivity index (χ2v) is 15.0. The highest BCUT2D eigenvalue weighted by molar-refractivity contribution is 7.90. The summed E-state index contributed by atoms with van der Waals surface area (Å²) in [5, 5.41) is 2.64. The molecule has 1 aliphatic rings. The summed E-state index contributed by atoms with van der Waals surface area (Å²) in [5.41, 5.74) is 6.03. The number of carbonyl (C=O) groups is 3. The van der Waals surface area contributed by atoms with E-state index in [1.807, 2.05) is 0 Å². The first kappa shape index (κ1) is 35.4. The van der Waals surface area contributed by atoms with Gasteiger partial charge in [0.05, 0.1) is 29.9 Å². The van der Waals surface area contributed by atoms with Gasteiger partial charge in [-0.25, -0.2) is 21.6 Å². The van der Waals surface area contributed by atoms with Crippen LogP contribution in [-0.2, 0) is 40.0 Å². The average molecular weight is 628 g/mol. The largest absolute Gasteiger partial charge is 0.388 e. The third-order valence-electron chi connectivity index (χ3n) is 6.99. The second kappa shape index (κ2) is 17.3. The maximum absolute atomic E-state index is 13.9. The number of amidine groups is 1. The summed E-state index contributed by atoms with van der Waals surface area (Å²) in [6.07, 6.45) is 6.96. The predicted octanol–water partition coefficient (Wildman–Crippen LogP) is 1.16. The molecule has 0 heterocycles. The van der Waals surface area contributed by atoms with Gasteiger partial charge in [0.15, 0.2) is 0 Å². The fraction of sp³-hybridized carbons (Fsp3) is 0.643. The Kier molecular flexibility index (Phi) is 14.6. The van der Waals surface area contributed by atoms with Crippen molar-refractivity contribution >= 4 is 43.8 Å². The molecule has 0 saturated heterocycles. The molecule has 1 aromatic rings. The number of hydrogen-bond acceptors (Lipinski definition) is 8. The van der Waals surface area contributed by atoms with E-state index in [-0.39, 0.29) is 18.9 Å². The molecule has 1 fully saturated rings. The number of amides is 2. The number of carbonyl (C=O) groups excluding carboxylic acids is 3. The van der Waals surface area contributed by atoms with Crippen molar-refractivity contribution in [3.63, 3.8) is 0 Å². The number of aliphatic imine (C=N–C) groups is 1. The Morgan fingerprint density at radius 3 is 2.36 bits per heavy atom. The van der Waals surface area contributed by atoms with Crippen LogP contribution in [-0.4, -0.2) is 89.4 Å². The molecule has 2 unspecified atom stereocenters. The molecule has 1 saturated carbocycles. The summed E-state index contributed by atoms with van der Waals surface area (Å²) in [6, 6.07) is 6.24. The zero-order valence-electron chi connectivity index (χ0n) is 24.5. The molecule has 14 heteroatoms. The molecule has 2 atom stereocenters. The first-order chi connectivity index (χ1) is 19.8. The van der Waals surface area contributed by atoms with E-state index in [0.29, 0.717) is 37.1 Å². The topological polar surface area (TPSA) is 185 Å². The summed E-state index contributed by atoms with van der Waals surface area (Å²) in [5.74, 6) is -1.52. The number of benzene rings is 1. The smallest absolute Gasteiger partial charge is 0.241 e. The highest BCUT2D eigenvalue weighted by Gasteiger charge is 2.32. The Morgan fingerprint density at radius 1 is 1.10 bits per heavy atom. The van der Waals surface area contributed by atoms with Crippen molar-refractivity contribution in [2.24, 2.45) is 16.6 Å². The van der Waals surface area contributed by atoms with E-state index in [9.17, 15) is 31.2 Å². The number of hydrogen-bond donors (Lipinski definition) is 3. The van der Waals surface area contributed by atoms with Crippen molar-refractivity contribution in [2.75, 3.05) is 31.6 Å². The molecule has 12 nitrogen and oxygen atoms in total. The number of nitrogens with two attached hydrogens (primary N) is 1. The lowest BCUT2D eigenvalue weighted by Crippen LogP contribution is -2.53. The third-order valence-corrected chi connectivity index (χ3v) is 9.33. The Morgan fingerprint density at radius 2 is 1.76 bits per heavy atom. The molecule has 0 bridgehead atoms. The van der Waals surface area contributed by atoms with E-state index in [1.54, 1.807) is 37.3 Å². The van der Waals surface area contributed by atoms with Gasteiger partial charge in [0, 0.05) is 19.3 Å². The number of sulfonamides is 1. The Bertz CT molecular complexity index is 1260. The molecular weight excluding hydrogens is 582 g/mol. The van der Waals surface area contributed by atoms with Crippen LogP contribution in [0.4, 0.5) is 0 Å². The number of nitrogens with one attached hydrogen (secondary N) is 2. The summed E-state index contributed by atoms with van der Waals surface area (Å²) in [7, 11) is -7.56. The number of nitrogens with zero attached hydrogens (tertiary/aromatic N) is 2. The Balaban J connectivity index is 2.23. The minimum atomic E-state index is -4.04. The van der Waals surface area contributed by atoms with Gasteiger partial charge in [0.1, 0.15) is 22.2 Å². The molecule has 0 aromatic heterocycles. The van der Waals surface area contributed by atoms with Crippen molar-refractivity contribution in [1.82, 2.24) is 14.9 Å². The van der Waals surface area contributed by atoms with E-state index in [1.165, 1.54) is 4.90 Å². The van der Waals surface area contributed by atoms with Crippen LogP contribution in [0.3, 0.4) is 0 Å². The van der Waals surface area contributed by atoms with Crippen LogP contribution in [0.1, 0.15) is 63.9 Å². The van der Waals surface area contributed by atoms with Crippen LogP contribution in [0.25, 0.3) is 0 Å². The van der Waals surface area contributed by atoms with Crippen molar-refractivity contribution in [3.05, 3.63) is 35.9 Å².